The van der Waals surface area contributed by atoms with E-state index in [2.05, 4.69) is 22.6 Å². The second-order valence-corrected chi connectivity index (χ2v) is 4.00. The number of nitrogens with one attached hydrogen (secondary N) is 2. The van der Waals surface area contributed by atoms with Crippen molar-refractivity contribution in [1.82, 2.24) is 15.5 Å². The molecule has 0 radical (unpaired) electrons. The first-order valence-corrected chi connectivity index (χ1v) is 5.38. The molecule has 1 rings (SSSR count). The van der Waals surface area contributed by atoms with Crippen LogP contribution in [0, 0.1) is 0 Å². The average Bonchev–Trinajstić information content (AvgIpc) is 2.25. The summed E-state index contributed by atoms with van der Waals surface area (Å²) in [6.45, 7) is 5.26. The van der Waals surface area contributed by atoms with Gasteiger partial charge in [-0.05, 0) is 14.0 Å². The molecule has 0 aromatic rings. The van der Waals surface area contributed by atoms with Gasteiger partial charge in [-0.15, -0.1) is 0 Å². The van der Waals surface area contributed by atoms with Gasteiger partial charge in [0.25, 0.3) is 0 Å². The summed E-state index contributed by atoms with van der Waals surface area (Å²) >= 11 is 0. The summed E-state index contributed by atoms with van der Waals surface area (Å²) in [6, 6.07) is -0.161. The van der Waals surface area contributed by atoms with Gasteiger partial charge in [-0.1, -0.05) is 0 Å². The summed E-state index contributed by atoms with van der Waals surface area (Å²) in [5.74, 6) is 0.0131. The molecule has 2 atom stereocenters. The molecule has 15 heavy (non-hydrogen) atoms. The van der Waals surface area contributed by atoms with E-state index in [4.69, 9.17) is 4.74 Å². The minimum atomic E-state index is -0.161. The number of amides is 1. The molecule has 0 spiro atoms. The van der Waals surface area contributed by atoms with E-state index in [0.717, 1.165) is 26.2 Å². The van der Waals surface area contributed by atoms with E-state index in [-0.39, 0.29) is 18.1 Å². The molecule has 5 nitrogen and oxygen atoms in total. The Morgan fingerprint density at radius 2 is 2.40 bits per heavy atom. The van der Waals surface area contributed by atoms with E-state index >= 15 is 0 Å². The monoisotopic (exact) mass is 215 g/mol. The van der Waals surface area contributed by atoms with Crippen LogP contribution in [0.1, 0.15) is 6.92 Å². The molecule has 88 valence electrons. The zero-order valence-corrected chi connectivity index (χ0v) is 9.75. The van der Waals surface area contributed by atoms with Crippen LogP contribution in [-0.2, 0) is 9.53 Å². The van der Waals surface area contributed by atoms with E-state index in [0.29, 0.717) is 0 Å². The fourth-order valence-corrected chi connectivity index (χ4v) is 1.61. The van der Waals surface area contributed by atoms with Gasteiger partial charge in [-0.3, -0.25) is 4.79 Å². The van der Waals surface area contributed by atoms with Crippen LogP contribution in [0.15, 0.2) is 0 Å². The van der Waals surface area contributed by atoms with Gasteiger partial charge in [0, 0.05) is 26.7 Å². The molecule has 2 unspecified atom stereocenters. The quantitative estimate of drug-likeness (QED) is 0.634. The van der Waals surface area contributed by atoms with Crippen LogP contribution in [0.25, 0.3) is 0 Å². The molecule has 1 heterocycles. The van der Waals surface area contributed by atoms with Crippen LogP contribution in [0.2, 0.25) is 0 Å². The zero-order chi connectivity index (χ0) is 11.3. The molecule has 5 heteroatoms. The van der Waals surface area contributed by atoms with Gasteiger partial charge < -0.3 is 20.3 Å². The molecule has 2 N–H and O–H groups in total. The second kappa shape index (κ2) is 6.05. The van der Waals surface area contributed by atoms with Gasteiger partial charge in [0.2, 0.25) is 5.91 Å². The van der Waals surface area contributed by atoms with Crippen molar-refractivity contribution < 1.29 is 9.53 Å². The maximum atomic E-state index is 11.2. The summed E-state index contributed by atoms with van der Waals surface area (Å²) in [4.78, 5) is 13.5. The van der Waals surface area contributed by atoms with Crippen LogP contribution >= 0.6 is 0 Å². The van der Waals surface area contributed by atoms with Crippen molar-refractivity contribution in [3.05, 3.63) is 0 Å². The van der Waals surface area contributed by atoms with Crippen LogP contribution < -0.4 is 10.6 Å². The largest absolute Gasteiger partial charge is 0.374 e. The third-order valence-electron chi connectivity index (χ3n) is 2.63. The highest BCUT2D eigenvalue weighted by Crippen LogP contribution is 2.01. The Morgan fingerprint density at radius 1 is 1.67 bits per heavy atom. The number of hydrogen-bond donors (Lipinski definition) is 2. The number of morpholine rings is 1. The Balaban J connectivity index is 2.21. The third kappa shape index (κ3) is 4.15. The first kappa shape index (κ1) is 12.4. The molecule has 0 saturated carbocycles. The number of hydrogen-bond acceptors (Lipinski definition) is 4. The molecule has 0 aromatic carbocycles. The fourth-order valence-electron chi connectivity index (χ4n) is 1.61. The standard InChI is InChI=1S/C10H21N3O2/c1-8(10(14)11-2)12-6-9-7-13(3)4-5-15-9/h8-9,12H,4-7H2,1-3H3,(H,11,14). The molecule has 1 amide bonds. The van der Waals surface area contributed by atoms with E-state index in [1.54, 1.807) is 7.05 Å². The number of likely N-dealkylation sites (N-methyl/N-ethyl adjacent to an activating group) is 2. The highest BCUT2D eigenvalue weighted by molar-refractivity contribution is 5.80. The third-order valence-corrected chi connectivity index (χ3v) is 2.63. The van der Waals surface area contributed by atoms with Gasteiger partial charge >= 0.3 is 0 Å². The average molecular weight is 215 g/mol. The lowest BCUT2D eigenvalue weighted by atomic mass is 10.2. The van der Waals surface area contributed by atoms with Gasteiger partial charge in [-0.2, -0.15) is 0 Å². The molecule has 0 aromatic heterocycles. The van der Waals surface area contributed by atoms with Crippen molar-refractivity contribution in [3.63, 3.8) is 0 Å². The Hall–Kier alpha value is -0.650. The van der Waals surface area contributed by atoms with E-state index in [1.807, 2.05) is 6.92 Å². The molecule has 1 aliphatic rings. The first-order chi connectivity index (χ1) is 7.13. The SMILES string of the molecule is CNC(=O)C(C)NCC1CN(C)CCO1. The predicted octanol–water partition coefficient (Wildman–Crippen LogP) is -0.959. The maximum absolute atomic E-state index is 11.2. The normalized spacial score (nSPS) is 24.9. The molecule has 0 bridgehead atoms. The van der Waals surface area contributed by atoms with Crippen LogP contribution in [-0.4, -0.2) is 63.3 Å². The van der Waals surface area contributed by atoms with Crippen LogP contribution in [0.4, 0.5) is 0 Å². The molecule has 0 aliphatic carbocycles. The van der Waals surface area contributed by atoms with Crippen molar-refractivity contribution >= 4 is 5.91 Å². The first-order valence-electron chi connectivity index (χ1n) is 5.38. The van der Waals surface area contributed by atoms with Gasteiger partial charge in [0.05, 0.1) is 18.8 Å². The van der Waals surface area contributed by atoms with E-state index in [1.165, 1.54) is 0 Å². The summed E-state index contributed by atoms with van der Waals surface area (Å²) in [6.07, 6.45) is 0.191. The van der Waals surface area contributed by atoms with Crippen molar-refractivity contribution in [2.75, 3.05) is 40.3 Å². The molecule has 1 fully saturated rings. The minimum absolute atomic E-state index is 0.0131. The Labute approximate surface area is 91.2 Å². The Bertz CT molecular complexity index is 211. The summed E-state index contributed by atoms with van der Waals surface area (Å²) in [5, 5.41) is 5.77. The number of ether oxygens (including phenoxy) is 1. The minimum Gasteiger partial charge on any atom is -0.374 e. The second-order valence-electron chi connectivity index (χ2n) is 4.00. The van der Waals surface area contributed by atoms with Crippen molar-refractivity contribution in [2.45, 2.75) is 19.1 Å². The lowest BCUT2D eigenvalue weighted by Crippen LogP contribution is -2.49. The Morgan fingerprint density at radius 3 is 3.00 bits per heavy atom. The lowest BCUT2D eigenvalue weighted by molar-refractivity contribution is -0.122. The molecule has 1 aliphatic heterocycles. The molecular weight excluding hydrogens is 194 g/mol. The fraction of sp³-hybridized carbons (Fsp3) is 0.900. The van der Waals surface area contributed by atoms with Crippen molar-refractivity contribution in [1.29, 1.82) is 0 Å². The smallest absolute Gasteiger partial charge is 0.236 e. The summed E-state index contributed by atoms with van der Waals surface area (Å²) in [5.41, 5.74) is 0. The van der Waals surface area contributed by atoms with Crippen molar-refractivity contribution in [3.8, 4) is 0 Å². The van der Waals surface area contributed by atoms with Crippen molar-refractivity contribution in [2.24, 2.45) is 0 Å². The topological polar surface area (TPSA) is 53.6 Å². The zero-order valence-electron chi connectivity index (χ0n) is 9.75. The lowest BCUT2D eigenvalue weighted by Gasteiger charge is -2.30. The molecular formula is C10H21N3O2. The highest BCUT2D eigenvalue weighted by atomic mass is 16.5. The van der Waals surface area contributed by atoms with Crippen LogP contribution in [0.5, 0.6) is 0 Å². The maximum Gasteiger partial charge on any atom is 0.236 e. The van der Waals surface area contributed by atoms with Crippen LogP contribution in [0.3, 0.4) is 0 Å². The van der Waals surface area contributed by atoms with Gasteiger partial charge in [0.15, 0.2) is 0 Å². The summed E-state index contributed by atoms with van der Waals surface area (Å²) < 4.78 is 5.58. The van der Waals surface area contributed by atoms with E-state index < -0.39 is 0 Å². The van der Waals surface area contributed by atoms with Gasteiger partial charge in [-0.25, -0.2) is 0 Å². The van der Waals surface area contributed by atoms with Gasteiger partial charge in [0.1, 0.15) is 0 Å². The Kier molecular flexibility index (Phi) is 5.01. The number of carbonyl (C=O) groups is 1. The molecule has 1 saturated heterocycles. The number of rotatable bonds is 4. The highest BCUT2D eigenvalue weighted by Gasteiger charge is 2.19. The number of nitrogens with zero attached hydrogens (tertiary/aromatic N) is 1. The van der Waals surface area contributed by atoms with E-state index in [9.17, 15) is 4.79 Å². The predicted molar refractivity (Wildman–Crippen MR) is 58.8 cm³/mol. The summed E-state index contributed by atoms with van der Waals surface area (Å²) in [7, 11) is 3.73. The number of carbonyl (C=O) groups excluding carboxylic acids is 1.